The molecule has 1 aliphatic rings. The minimum absolute atomic E-state index is 0.0886. The van der Waals surface area contributed by atoms with Gasteiger partial charge in [0.1, 0.15) is 11.6 Å². The first-order chi connectivity index (χ1) is 7.99. The van der Waals surface area contributed by atoms with Crippen molar-refractivity contribution in [3.63, 3.8) is 0 Å². The molecule has 1 aromatic rings. The van der Waals surface area contributed by atoms with Crippen molar-refractivity contribution in [2.75, 3.05) is 0 Å². The average Bonchev–Trinajstić information content (AvgIpc) is 2.19. The van der Waals surface area contributed by atoms with Gasteiger partial charge in [-0.15, -0.1) is 0 Å². The molecule has 6 heteroatoms. The van der Waals surface area contributed by atoms with E-state index in [-0.39, 0.29) is 22.9 Å². The number of nitrogens with one attached hydrogen (secondary N) is 1. The second-order valence-electron chi connectivity index (χ2n) is 3.79. The van der Waals surface area contributed by atoms with Crippen LogP contribution < -0.4 is 5.32 Å². The number of rotatable bonds is 1. The Labute approximate surface area is 104 Å². The fourth-order valence-electron chi connectivity index (χ4n) is 1.86. The first kappa shape index (κ1) is 12.2. The lowest BCUT2D eigenvalue weighted by Crippen LogP contribution is -2.40. The lowest BCUT2D eigenvalue weighted by atomic mass is 9.90. The Bertz CT molecular complexity index is 481. The van der Waals surface area contributed by atoms with E-state index in [0.29, 0.717) is 0 Å². The monoisotopic (exact) mass is 303 g/mol. The van der Waals surface area contributed by atoms with E-state index in [0.717, 1.165) is 12.1 Å². The van der Waals surface area contributed by atoms with Crippen LogP contribution in [0.3, 0.4) is 0 Å². The van der Waals surface area contributed by atoms with Crippen LogP contribution in [0, 0.1) is 11.6 Å². The largest absolute Gasteiger partial charge is 0.296 e. The van der Waals surface area contributed by atoms with Gasteiger partial charge in [0.2, 0.25) is 11.8 Å². The standard InChI is InChI=1S/C11H8BrF2NO2/c12-5-3-7(13)10(8(14)4-5)6-1-2-9(16)15-11(6)17/h3-4,6H,1-2H2,(H,15,16,17). The lowest BCUT2D eigenvalue weighted by Gasteiger charge is -2.21. The zero-order valence-electron chi connectivity index (χ0n) is 8.60. The molecule has 2 amide bonds. The van der Waals surface area contributed by atoms with E-state index >= 15 is 0 Å². The van der Waals surface area contributed by atoms with Gasteiger partial charge in [-0.05, 0) is 18.6 Å². The van der Waals surface area contributed by atoms with Gasteiger partial charge in [0.05, 0.1) is 5.92 Å². The van der Waals surface area contributed by atoms with Crippen molar-refractivity contribution >= 4 is 27.7 Å². The second-order valence-corrected chi connectivity index (χ2v) is 4.70. The lowest BCUT2D eigenvalue weighted by molar-refractivity contribution is -0.134. The molecular weight excluding hydrogens is 296 g/mol. The Balaban J connectivity index is 2.40. The van der Waals surface area contributed by atoms with Crippen LogP contribution in [0.1, 0.15) is 24.3 Å². The number of benzene rings is 1. The van der Waals surface area contributed by atoms with Crippen LogP contribution in [0.5, 0.6) is 0 Å². The predicted molar refractivity (Wildman–Crippen MR) is 59.2 cm³/mol. The maximum Gasteiger partial charge on any atom is 0.234 e. The molecule has 1 aliphatic heterocycles. The quantitative estimate of drug-likeness (QED) is 0.809. The molecular formula is C11H8BrF2NO2. The molecule has 1 fully saturated rings. The fourth-order valence-corrected chi connectivity index (χ4v) is 2.26. The molecule has 90 valence electrons. The molecule has 0 radical (unpaired) electrons. The summed E-state index contributed by atoms with van der Waals surface area (Å²) in [5.41, 5.74) is -0.279. The molecule has 1 unspecified atom stereocenters. The van der Waals surface area contributed by atoms with Crippen molar-refractivity contribution in [2.24, 2.45) is 0 Å². The molecule has 1 saturated heterocycles. The van der Waals surface area contributed by atoms with Gasteiger partial charge in [-0.3, -0.25) is 14.9 Å². The van der Waals surface area contributed by atoms with Crippen LogP contribution in [0.4, 0.5) is 8.78 Å². The molecule has 2 rings (SSSR count). The third-order valence-electron chi connectivity index (χ3n) is 2.63. The van der Waals surface area contributed by atoms with Crippen molar-refractivity contribution in [3.8, 4) is 0 Å². The first-order valence-electron chi connectivity index (χ1n) is 4.97. The van der Waals surface area contributed by atoms with Crippen LogP contribution in [-0.2, 0) is 9.59 Å². The van der Waals surface area contributed by atoms with Crippen LogP contribution in [0.15, 0.2) is 16.6 Å². The molecule has 0 saturated carbocycles. The number of amides is 2. The number of halogens is 3. The summed E-state index contributed by atoms with van der Waals surface area (Å²) < 4.78 is 27.5. The van der Waals surface area contributed by atoms with Crippen LogP contribution in [0.2, 0.25) is 0 Å². The Morgan fingerprint density at radius 2 is 1.82 bits per heavy atom. The third kappa shape index (κ3) is 2.36. The SMILES string of the molecule is O=C1CCC(c2c(F)cc(Br)cc2F)C(=O)N1. The molecule has 3 nitrogen and oxygen atoms in total. The molecule has 1 heterocycles. The average molecular weight is 304 g/mol. The Morgan fingerprint density at radius 1 is 1.24 bits per heavy atom. The number of carbonyl (C=O) groups is 2. The number of piperidine rings is 1. The van der Waals surface area contributed by atoms with E-state index in [2.05, 4.69) is 21.2 Å². The number of carbonyl (C=O) groups excluding carboxylic acids is 2. The van der Waals surface area contributed by atoms with Gasteiger partial charge in [-0.25, -0.2) is 8.78 Å². The predicted octanol–water partition coefficient (Wildman–Crippen LogP) is 2.25. The molecule has 1 atom stereocenters. The highest BCUT2D eigenvalue weighted by molar-refractivity contribution is 9.10. The van der Waals surface area contributed by atoms with Crippen molar-refractivity contribution in [3.05, 3.63) is 33.8 Å². The van der Waals surface area contributed by atoms with Gasteiger partial charge in [-0.1, -0.05) is 15.9 Å². The van der Waals surface area contributed by atoms with Crippen LogP contribution in [0.25, 0.3) is 0 Å². The maximum atomic E-state index is 13.6. The Hall–Kier alpha value is -1.30. The Kier molecular flexibility index (Phi) is 3.24. The number of imide groups is 1. The topological polar surface area (TPSA) is 46.2 Å². The summed E-state index contributed by atoms with van der Waals surface area (Å²) >= 11 is 2.96. The van der Waals surface area contributed by atoms with E-state index in [1.54, 1.807) is 0 Å². The van der Waals surface area contributed by atoms with Gasteiger partial charge in [0.15, 0.2) is 0 Å². The van der Waals surface area contributed by atoms with E-state index < -0.39 is 29.4 Å². The van der Waals surface area contributed by atoms with Gasteiger partial charge in [-0.2, -0.15) is 0 Å². The second kappa shape index (κ2) is 4.52. The molecule has 0 aromatic heterocycles. The normalized spacial score (nSPS) is 20.3. The number of hydrogen-bond acceptors (Lipinski definition) is 2. The molecule has 1 N–H and O–H groups in total. The first-order valence-corrected chi connectivity index (χ1v) is 5.76. The summed E-state index contributed by atoms with van der Waals surface area (Å²) in [6, 6.07) is 2.20. The smallest absolute Gasteiger partial charge is 0.234 e. The van der Waals surface area contributed by atoms with E-state index in [4.69, 9.17) is 0 Å². The zero-order chi connectivity index (χ0) is 12.6. The van der Waals surface area contributed by atoms with Crippen LogP contribution >= 0.6 is 15.9 Å². The minimum atomic E-state index is -0.944. The molecule has 0 aliphatic carbocycles. The van der Waals surface area contributed by atoms with Crippen molar-refractivity contribution in [1.82, 2.24) is 5.32 Å². The molecule has 17 heavy (non-hydrogen) atoms. The van der Waals surface area contributed by atoms with Gasteiger partial charge in [0.25, 0.3) is 0 Å². The summed E-state index contributed by atoms with van der Waals surface area (Å²) in [4.78, 5) is 22.5. The summed E-state index contributed by atoms with van der Waals surface area (Å²) in [6.45, 7) is 0. The van der Waals surface area contributed by atoms with Crippen LogP contribution in [-0.4, -0.2) is 11.8 Å². The van der Waals surface area contributed by atoms with Crippen molar-refractivity contribution < 1.29 is 18.4 Å². The summed E-state index contributed by atoms with van der Waals surface area (Å²) in [5, 5.41) is 2.07. The van der Waals surface area contributed by atoms with E-state index in [1.807, 2.05) is 0 Å². The van der Waals surface area contributed by atoms with Gasteiger partial charge in [0, 0.05) is 16.5 Å². The highest BCUT2D eigenvalue weighted by Crippen LogP contribution is 2.31. The van der Waals surface area contributed by atoms with Gasteiger partial charge < -0.3 is 0 Å². The van der Waals surface area contributed by atoms with E-state index in [9.17, 15) is 18.4 Å². The number of hydrogen-bond donors (Lipinski definition) is 1. The Morgan fingerprint density at radius 3 is 2.35 bits per heavy atom. The van der Waals surface area contributed by atoms with Gasteiger partial charge >= 0.3 is 0 Å². The van der Waals surface area contributed by atoms with Crippen molar-refractivity contribution in [2.45, 2.75) is 18.8 Å². The summed E-state index contributed by atoms with van der Waals surface area (Å²) in [7, 11) is 0. The molecule has 1 aromatic carbocycles. The minimum Gasteiger partial charge on any atom is -0.296 e. The molecule has 0 spiro atoms. The highest BCUT2D eigenvalue weighted by Gasteiger charge is 2.32. The van der Waals surface area contributed by atoms with E-state index in [1.165, 1.54) is 0 Å². The third-order valence-corrected chi connectivity index (χ3v) is 3.09. The summed E-state index contributed by atoms with van der Waals surface area (Å²) in [6.07, 6.45) is 0.214. The van der Waals surface area contributed by atoms with Crippen molar-refractivity contribution in [1.29, 1.82) is 0 Å². The fraction of sp³-hybridized carbons (Fsp3) is 0.273. The summed E-state index contributed by atoms with van der Waals surface area (Å²) in [5.74, 6) is -3.58. The zero-order valence-corrected chi connectivity index (χ0v) is 10.2. The maximum absolute atomic E-state index is 13.6. The highest BCUT2D eigenvalue weighted by atomic mass is 79.9. The molecule has 0 bridgehead atoms.